The number of carbonyl (C=O) groups excluding carboxylic acids is 1. The Morgan fingerprint density at radius 2 is 1.97 bits per heavy atom. The number of alkyl halides is 4. The third-order valence-corrected chi connectivity index (χ3v) is 8.09. The Balaban J connectivity index is 1.05. The molecule has 2 N–H and O–H groups in total. The molecule has 2 bridgehead atoms. The van der Waals surface area contributed by atoms with Crippen LogP contribution in [0.5, 0.6) is 5.75 Å². The van der Waals surface area contributed by atoms with E-state index in [-0.39, 0.29) is 23.4 Å². The number of aliphatic hydroxyl groups is 1. The molecule has 5 aliphatic rings. The van der Waals surface area contributed by atoms with Crippen molar-refractivity contribution >= 4 is 17.5 Å². The van der Waals surface area contributed by atoms with Crippen LogP contribution in [0.3, 0.4) is 0 Å². The first kappa shape index (κ1) is 22.2. The van der Waals surface area contributed by atoms with Gasteiger partial charge in [-0.05, 0) is 38.2 Å². The zero-order valence-corrected chi connectivity index (χ0v) is 18.8. The number of nitrogens with zero attached hydrogens (tertiary/aromatic N) is 2. The van der Waals surface area contributed by atoms with E-state index in [1.165, 1.54) is 0 Å². The van der Waals surface area contributed by atoms with E-state index >= 15 is 0 Å². The SMILES string of the molecule is O=C(NC12CC(c3cn([C@H]4C[C@@H](OC(F)(F)F)C4)cn3)(C1)C2)[C@]1(Cl)C[C@@H](O)c2ccccc2O1. The fourth-order valence-electron chi connectivity index (χ4n) is 5.97. The van der Waals surface area contributed by atoms with Crippen LogP contribution in [0.15, 0.2) is 36.8 Å². The van der Waals surface area contributed by atoms with Gasteiger partial charge in [-0.3, -0.25) is 9.53 Å². The van der Waals surface area contributed by atoms with Gasteiger partial charge in [-0.15, -0.1) is 13.2 Å². The number of imidazole rings is 1. The number of halogens is 4. The van der Waals surface area contributed by atoms with Crippen LogP contribution in [0, 0.1) is 0 Å². The number of ether oxygens (including phenoxy) is 2. The standard InChI is InChI=1S/C23H23ClF3N3O4/c24-22(7-16(31)15-3-1-2-4-17(15)34-22)19(32)29-21-9-20(10-21,11-21)18-8-30(12-28-18)13-5-14(6-13)33-23(25,26)27/h1-4,8,12-14,16,31H,5-7,9-11H2,(H,29,32)/t13-,14+,16-,20?,21?,22+/m1/s1. The van der Waals surface area contributed by atoms with Crippen molar-refractivity contribution in [1.29, 1.82) is 0 Å². The van der Waals surface area contributed by atoms with Crippen LogP contribution in [0.2, 0.25) is 0 Å². The Morgan fingerprint density at radius 3 is 2.68 bits per heavy atom. The van der Waals surface area contributed by atoms with Crippen molar-refractivity contribution in [3.8, 4) is 5.75 Å². The lowest BCUT2D eigenvalue weighted by Crippen LogP contribution is -2.78. The summed E-state index contributed by atoms with van der Waals surface area (Å²) in [6, 6.07) is 6.90. The maximum Gasteiger partial charge on any atom is 0.522 e. The molecular weight excluding hydrogens is 475 g/mol. The Kier molecular flexibility index (Phi) is 4.64. The average Bonchev–Trinajstić information content (AvgIpc) is 3.14. The summed E-state index contributed by atoms with van der Waals surface area (Å²) in [5.41, 5.74) is 0.983. The zero-order valence-electron chi connectivity index (χ0n) is 18.0. The topological polar surface area (TPSA) is 85.6 Å². The molecule has 11 heteroatoms. The summed E-state index contributed by atoms with van der Waals surface area (Å²) >= 11 is 6.53. The molecule has 182 valence electrons. The van der Waals surface area contributed by atoms with Gasteiger partial charge in [0.25, 0.3) is 11.0 Å². The van der Waals surface area contributed by atoms with E-state index in [0.29, 0.717) is 43.4 Å². The van der Waals surface area contributed by atoms with Gasteiger partial charge in [0, 0.05) is 35.2 Å². The molecule has 2 atom stereocenters. The summed E-state index contributed by atoms with van der Waals surface area (Å²) in [7, 11) is 0. The highest BCUT2D eigenvalue weighted by Gasteiger charge is 2.71. The van der Waals surface area contributed by atoms with Gasteiger partial charge in [0.05, 0.1) is 24.2 Å². The predicted molar refractivity (Wildman–Crippen MR) is 113 cm³/mol. The van der Waals surface area contributed by atoms with Crippen LogP contribution in [0.25, 0.3) is 0 Å². The number of hydrogen-bond donors (Lipinski definition) is 2. The number of para-hydroxylation sites is 1. The molecule has 0 radical (unpaired) electrons. The van der Waals surface area contributed by atoms with E-state index in [0.717, 1.165) is 5.69 Å². The number of aromatic nitrogens is 2. The predicted octanol–water partition coefficient (Wildman–Crippen LogP) is 3.86. The fourth-order valence-corrected chi connectivity index (χ4v) is 6.24. The van der Waals surface area contributed by atoms with Crippen LogP contribution in [0.1, 0.15) is 61.9 Å². The summed E-state index contributed by atoms with van der Waals surface area (Å²) < 4.78 is 48.7. The average molecular weight is 498 g/mol. The third kappa shape index (κ3) is 3.49. The number of fused-ring (bicyclic) bond motifs is 1. The second-order valence-electron chi connectivity index (χ2n) is 10.2. The molecule has 2 aromatic rings. The molecule has 1 amide bonds. The van der Waals surface area contributed by atoms with Crippen LogP contribution < -0.4 is 10.1 Å². The summed E-state index contributed by atoms with van der Waals surface area (Å²) in [5.74, 6) is -0.0726. The second-order valence-corrected chi connectivity index (χ2v) is 10.8. The van der Waals surface area contributed by atoms with Gasteiger partial charge in [0.2, 0.25) is 0 Å². The number of rotatable bonds is 5. The van der Waals surface area contributed by atoms with E-state index < -0.39 is 29.5 Å². The lowest BCUT2D eigenvalue weighted by molar-refractivity contribution is -0.353. The van der Waals surface area contributed by atoms with E-state index in [4.69, 9.17) is 16.3 Å². The van der Waals surface area contributed by atoms with Crippen molar-refractivity contribution in [2.45, 2.75) is 79.2 Å². The maximum atomic E-state index is 13.0. The van der Waals surface area contributed by atoms with Gasteiger partial charge in [0.1, 0.15) is 5.75 Å². The minimum atomic E-state index is -4.61. The van der Waals surface area contributed by atoms with E-state index in [2.05, 4.69) is 15.0 Å². The van der Waals surface area contributed by atoms with E-state index in [1.807, 2.05) is 10.8 Å². The molecule has 7 nitrogen and oxygen atoms in total. The van der Waals surface area contributed by atoms with Crippen LogP contribution in [-0.4, -0.2) is 43.6 Å². The number of hydrogen-bond acceptors (Lipinski definition) is 5. The number of carbonyl (C=O) groups is 1. The Bertz CT molecular complexity index is 1130. The summed E-state index contributed by atoms with van der Waals surface area (Å²) in [4.78, 5) is 17.5. The molecule has 34 heavy (non-hydrogen) atoms. The van der Waals surface area contributed by atoms with Crippen molar-refractivity contribution in [2.75, 3.05) is 0 Å². The van der Waals surface area contributed by atoms with Gasteiger partial charge in [-0.1, -0.05) is 29.8 Å². The zero-order chi connectivity index (χ0) is 23.9. The lowest BCUT2D eigenvalue weighted by atomic mass is 9.38. The first-order chi connectivity index (χ1) is 16.0. The first-order valence-electron chi connectivity index (χ1n) is 11.2. The van der Waals surface area contributed by atoms with Crippen molar-refractivity contribution in [3.05, 3.63) is 48.0 Å². The number of benzene rings is 1. The van der Waals surface area contributed by atoms with E-state index in [1.54, 1.807) is 30.6 Å². The van der Waals surface area contributed by atoms with Gasteiger partial charge >= 0.3 is 6.36 Å². The van der Waals surface area contributed by atoms with Gasteiger partial charge < -0.3 is 19.7 Å². The van der Waals surface area contributed by atoms with Gasteiger partial charge in [-0.25, -0.2) is 4.98 Å². The lowest BCUT2D eigenvalue weighted by Gasteiger charge is -2.70. The highest BCUT2D eigenvalue weighted by Crippen LogP contribution is 2.67. The third-order valence-electron chi connectivity index (χ3n) is 7.69. The molecule has 2 heterocycles. The smallest absolute Gasteiger partial charge is 0.462 e. The molecule has 7 rings (SSSR count). The Hall–Kier alpha value is -2.30. The quantitative estimate of drug-likeness (QED) is 0.613. The molecule has 1 aromatic carbocycles. The molecule has 0 unspecified atom stereocenters. The van der Waals surface area contributed by atoms with Crippen molar-refractivity contribution in [3.63, 3.8) is 0 Å². The molecule has 0 saturated heterocycles. The molecule has 1 aliphatic heterocycles. The summed E-state index contributed by atoms with van der Waals surface area (Å²) in [6.07, 6.45) is -0.0703. The highest BCUT2D eigenvalue weighted by atomic mass is 35.5. The first-order valence-corrected chi connectivity index (χ1v) is 11.6. The monoisotopic (exact) mass is 497 g/mol. The summed E-state index contributed by atoms with van der Waals surface area (Å²) in [5, 5.41) is 11.8. The number of aliphatic hydroxyl groups excluding tert-OH is 1. The van der Waals surface area contributed by atoms with Crippen LogP contribution >= 0.6 is 11.6 Å². The van der Waals surface area contributed by atoms with Gasteiger partial charge in [0.15, 0.2) is 0 Å². The van der Waals surface area contributed by atoms with Crippen molar-refractivity contribution < 1.29 is 32.5 Å². The van der Waals surface area contributed by atoms with Crippen molar-refractivity contribution in [1.82, 2.24) is 14.9 Å². The summed E-state index contributed by atoms with van der Waals surface area (Å²) in [6.45, 7) is 0. The largest absolute Gasteiger partial charge is 0.522 e. The molecule has 4 aliphatic carbocycles. The second kappa shape index (κ2) is 7.11. The molecule has 4 fully saturated rings. The van der Waals surface area contributed by atoms with Crippen LogP contribution in [-0.2, 0) is 14.9 Å². The number of nitrogens with one attached hydrogen (secondary N) is 1. The molecular formula is C23H23ClF3N3O4. The van der Waals surface area contributed by atoms with Crippen LogP contribution in [0.4, 0.5) is 13.2 Å². The van der Waals surface area contributed by atoms with E-state index in [9.17, 15) is 23.1 Å². The highest BCUT2D eigenvalue weighted by molar-refractivity contribution is 6.34. The molecule has 1 aromatic heterocycles. The molecule has 0 spiro atoms. The normalized spacial score (nSPS) is 38.0. The fraction of sp³-hybridized carbons (Fsp3) is 0.565. The molecule has 4 saturated carbocycles. The number of amides is 1. The maximum absolute atomic E-state index is 13.0. The van der Waals surface area contributed by atoms with Crippen molar-refractivity contribution in [2.24, 2.45) is 0 Å². The minimum absolute atomic E-state index is 0.0521. The van der Waals surface area contributed by atoms with Gasteiger partial charge in [-0.2, -0.15) is 0 Å². The minimum Gasteiger partial charge on any atom is -0.462 e. The Labute approximate surface area is 198 Å². The Morgan fingerprint density at radius 1 is 1.26 bits per heavy atom.